The van der Waals surface area contributed by atoms with Crippen molar-refractivity contribution < 1.29 is 9.50 Å². The first kappa shape index (κ1) is 19.9. The maximum Gasteiger partial charge on any atom is 0.140 e. The molecule has 0 saturated carbocycles. The molecule has 4 aromatic rings. The van der Waals surface area contributed by atoms with Gasteiger partial charge in [0, 0.05) is 49.0 Å². The summed E-state index contributed by atoms with van der Waals surface area (Å²) in [4.78, 5) is 11.5. The highest BCUT2D eigenvalue weighted by atomic mass is 19.1. The molecule has 7 heteroatoms. The predicted molar refractivity (Wildman–Crippen MR) is 119 cm³/mol. The third-order valence-corrected chi connectivity index (χ3v) is 6.36. The Labute approximate surface area is 180 Å². The molecule has 3 aromatic heterocycles. The standard InChI is InChI=1S/C24H26FN5O/c1-28-13-9-24(31,10-14-28)15-30-16-27-21(17-3-5-18(25)6-4-17)22(30)19-7-11-26-23-20(19)8-12-29(23)2/h3-8,11-12,16,31H,9-10,13-15H2,1-2H3. The van der Waals surface area contributed by atoms with Gasteiger partial charge in [-0.15, -0.1) is 0 Å². The lowest BCUT2D eigenvalue weighted by molar-refractivity contribution is -0.0287. The molecule has 1 N–H and O–H groups in total. The number of rotatable bonds is 4. The van der Waals surface area contributed by atoms with Crippen molar-refractivity contribution >= 4 is 11.0 Å². The van der Waals surface area contributed by atoms with Crippen LogP contribution in [0.2, 0.25) is 0 Å². The molecule has 0 unspecified atom stereocenters. The average molecular weight is 420 g/mol. The number of imidazole rings is 1. The van der Waals surface area contributed by atoms with Gasteiger partial charge in [-0.25, -0.2) is 14.4 Å². The van der Waals surface area contributed by atoms with Crippen LogP contribution >= 0.6 is 0 Å². The molecule has 1 aliphatic rings. The topological polar surface area (TPSA) is 59.1 Å². The molecule has 1 fully saturated rings. The zero-order valence-electron chi connectivity index (χ0n) is 17.8. The van der Waals surface area contributed by atoms with Crippen molar-refractivity contribution in [2.24, 2.45) is 7.05 Å². The van der Waals surface area contributed by atoms with E-state index in [-0.39, 0.29) is 5.82 Å². The van der Waals surface area contributed by atoms with Gasteiger partial charge in [-0.1, -0.05) is 0 Å². The lowest BCUT2D eigenvalue weighted by Crippen LogP contribution is -2.45. The van der Waals surface area contributed by atoms with Gasteiger partial charge in [0.1, 0.15) is 11.5 Å². The van der Waals surface area contributed by atoms with Gasteiger partial charge in [-0.05, 0) is 56.3 Å². The predicted octanol–water partition coefficient (Wildman–Crippen LogP) is 3.70. The van der Waals surface area contributed by atoms with Crippen LogP contribution in [0.5, 0.6) is 0 Å². The fourth-order valence-corrected chi connectivity index (χ4v) is 4.48. The van der Waals surface area contributed by atoms with Gasteiger partial charge in [0.05, 0.1) is 29.9 Å². The highest BCUT2D eigenvalue weighted by Gasteiger charge is 2.33. The molecule has 0 bridgehead atoms. The van der Waals surface area contributed by atoms with Crippen molar-refractivity contribution in [3.63, 3.8) is 0 Å². The second-order valence-corrected chi connectivity index (χ2v) is 8.63. The first-order valence-corrected chi connectivity index (χ1v) is 10.6. The summed E-state index contributed by atoms with van der Waals surface area (Å²) in [5, 5.41) is 12.3. The summed E-state index contributed by atoms with van der Waals surface area (Å²) in [5.41, 5.74) is 3.62. The van der Waals surface area contributed by atoms with E-state index in [2.05, 4.69) is 16.9 Å². The van der Waals surface area contributed by atoms with Crippen LogP contribution in [-0.2, 0) is 13.6 Å². The van der Waals surface area contributed by atoms with E-state index in [0.717, 1.165) is 46.6 Å². The summed E-state index contributed by atoms with van der Waals surface area (Å²) in [5.74, 6) is -0.278. The van der Waals surface area contributed by atoms with Gasteiger partial charge in [0.15, 0.2) is 0 Å². The minimum absolute atomic E-state index is 0.278. The molecular weight excluding hydrogens is 393 g/mol. The monoisotopic (exact) mass is 419 g/mol. The molecule has 1 aromatic carbocycles. The van der Waals surface area contributed by atoms with Crippen LogP contribution in [0.4, 0.5) is 4.39 Å². The number of aliphatic hydroxyl groups is 1. The Hall–Kier alpha value is -3.03. The van der Waals surface area contributed by atoms with Crippen LogP contribution in [0.15, 0.2) is 55.1 Å². The summed E-state index contributed by atoms with van der Waals surface area (Å²) < 4.78 is 17.6. The molecule has 31 heavy (non-hydrogen) atoms. The number of aromatic nitrogens is 4. The van der Waals surface area contributed by atoms with Crippen molar-refractivity contribution in [1.29, 1.82) is 0 Å². The number of nitrogens with zero attached hydrogens (tertiary/aromatic N) is 5. The maximum absolute atomic E-state index is 13.6. The SMILES string of the molecule is CN1CCC(O)(Cn2cnc(-c3ccc(F)cc3)c2-c2ccnc3c2ccn3C)CC1. The molecule has 0 atom stereocenters. The number of hydrogen-bond acceptors (Lipinski definition) is 4. The number of likely N-dealkylation sites (tertiary alicyclic amines) is 1. The average Bonchev–Trinajstić information content (AvgIpc) is 3.35. The first-order chi connectivity index (χ1) is 14.9. The van der Waals surface area contributed by atoms with Gasteiger partial charge < -0.3 is 19.1 Å². The molecule has 4 heterocycles. The molecule has 0 amide bonds. The largest absolute Gasteiger partial charge is 0.388 e. The quantitative estimate of drug-likeness (QED) is 0.548. The first-order valence-electron chi connectivity index (χ1n) is 10.6. The van der Waals surface area contributed by atoms with Crippen LogP contribution in [0.3, 0.4) is 0 Å². The van der Waals surface area contributed by atoms with E-state index in [0.29, 0.717) is 19.4 Å². The molecule has 1 aliphatic heterocycles. The number of benzene rings is 1. The molecule has 0 aliphatic carbocycles. The van der Waals surface area contributed by atoms with E-state index in [1.165, 1.54) is 12.1 Å². The van der Waals surface area contributed by atoms with Crippen molar-refractivity contribution in [3.05, 3.63) is 60.9 Å². The lowest BCUT2D eigenvalue weighted by Gasteiger charge is -2.37. The van der Waals surface area contributed by atoms with Crippen LogP contribution in [-0.4, -0.2) is 54.8 Å². The number of hydrogen-bond donors (Lipinski definition) is 1. The Morgan fingerprint density at radius 3 is 2.52 bits per heavy atom. The normalized spacial score (nSPS) is 16.8. The number of fused-ring (bicyclic) bond motifs is 1. The Bertz CT molecular complexity index is 1220. The fraction of sp³-hybridized carbons (Fsp3) is 0.333. The Morgan fingerprint density at radius 2 is 1.77 bits per heavy atom. The third kappa shape index (κ3) is 3.64. The van der Waals surface area contributed by atoms with E-state index in [1.807, 2.05) is 34.5 Å². The molecule has 6 nitrogen and oxygen atoms in total. The van der Waals surface area contributed by atoms with Gasteiger partial charge in [-0.3, -0.25) is 0 Å². The Kier molecular flexibility index (Phi) is 4.87. The lowest BCUT2D eigenvalue weighted by atomic mass is 9.91. The van der Waals surface area contributed by atoms with E-state index in [9.17, 15) is 9.50 Å². The van der Waals surface area contributed by atoms with Crippen molar-refractivity contribution in [1.82, 2.24) is 24.0 Å². The molecule has 5 rings (SSSR count). The van der Waals surface area contributed by atoms with E-state index < -0.39 is 5.60 Å². The second-order valence-electron chi connectivity index (χ2n) is 8.63. The summed E-state index contributed by atoms with van der Waals surface area (Å²) in [6.07, 6.45) is 7.01. The van der Waals surface area contributed by atoms with Gasteiger partial charge >= 0.3 is 0 Å². The maximum atomic E-state index is 13.6. The minimum Gasteiger partial charge on any atom is -0.388 e. The highest BCUT2D eigenvalue weighted by molar-refractivity contribution is 5.96. The zero-order chi connectivity index (χ0) is 21.6. The third-order valence-electron chi connectivity index (χ3n) is 6.36. The van der Waals surface area contributed by atoms with Crippen molar-refractivity contribution in [3.8, 4) is 22.5 Å². The van der Waals surface area contributed by atoms with Crippen LogP contribution in [0, 0.1) is 5.82 Å². The summed E-state index contributed by atoms with van der Waals surface area (Å²) in [6, 6.07) is 10.4. The fourth-order valence-electron chi connectivity index (χ4n) is 4.48. The number of halogens is 1. The van der Waals surface area contributed by atoms with E-state index in [1.54, 1.807) is 24.7 Å². The van der Waals surface area contributed by atoms with Crippen LogP contribution < -0.4 is 0 Å². The molecular formula is C24H26FN5O. The number of aryl methyl sites for hydroxylation is 1. The van der Waals surface area contributed by atoms with Crippen molar-refractivity contribution in [2.45, 2.75) is 25.0 Å². The van der Waals surface area contributed by atoms with Gasteiger partial charge in [-0.2, -0.15) is 0 Å². The van der Waals surface area contributed by atoms with E-state index in [4.69, 9.17) is 4.98 Å². The summed E-state index contributed by atoms with van der Waals surface area (Å²) in [6.45, 7) is 2.19. The molecule has 1 saturated heterocycles. The molecule has 0 radical (unpaired) electrons. The molecule has 160 valence electrons. The number of piperidine rings is 1. The second kappa shape index (κ2) is 7.59. The Balaban J connectivity index is 1.66. The molecule has 0 spiro atoms. The highest BCUT2D eigenvalue weighted by Crippen LogP contribution is 2.37. The Morgan fingerprint density at radius 1 is 1.03 bits per heavy atom. The number of pyridine rings is 1. The van der Waals surface area contributed by atoms with Gasteiger partial charge in [0.25, 0.3) is 0 Å². The van der Waals surface area contributed by atoms with Gasteiger partial charge in [0.2, 0.25) is 0 Å². The van der Waals surface area contributed by atoms with Crippen LogP contribution in [0.25, 0.3) is 33.5 Å². The van der Waals surface area contributed by atoms with Crippen molar-refractivity contribution in [2.75, 3.05) is 20.1 Å². The smallest absolute Gasteiger partial charge is 0.140 e. The van der Waals surface area contributed by atoms with E-state index >= 15 is 0 Å². The zero-order valence-corrected chi connectivity index (χ0v) is 17.8. The minimum atomic E-state index is -0.787. The summed E-state index contributed by atoms with van der Waals surface area (Å²) >= 11 is 0. The van der Waals surface area contributed by atoms with Crippen LogP contribution in [0.1, 0.15) is 12.8 Å². The summed E-state index contributed by atoms with van der Waals surface area (Å²) in [7, 11) is 4.05.